The van der Waals surface area contributed by atoms with Gasteiger partial charge in [-0.25, -0.2) is 21.6 Å². The number of rotatable bonds is 7. The van der Waals surface area contributed by atoms with Crippen LogP contribution in [-0.2, 0) is 14.8 Å². The fourth-order valence-corrected chi connectivity index (χ4v) is 3.25. The largest absolute Gasteiger partial charge is 0.324 e. The molecular formula is C17H17F3N2O3S. The molecule has 0 aliphatic rings. The summed E-state index contributed by atoms with van der Waals surface area (Å²) in [5, 5.41) is 2.30. The molecule has 5 nitrogen and oxygen atoms in total. The number of hydrogen-bond acceptors (Lipinski definition) is 3. The lowest BCUT2D eigenvalue weighted by Crippen LogP contribution is -2.31. The van der Waals surface area contributed by atoms with Gasteiger partial charge in [0.15, 0.2) is 0 Å². The Bertz CT molecular complexity index is 887. The van der Waals surface area contributed by atoms with Crippen molar-refractivity contribution in [1.82, 2.24) is 0 Å². The highest BCUT2D eigenvalue weighted by Crippen LogP contribution is 2.19. The van der Waals surface area contributed by atoms with E-state index in [1.54, 1.807) is 0 Å². The average Bonchev–Trinajstić information content (AvgIpc) is 2.54. The number of nitrogens with zero attached hydrogens (tertiary/aromatic N) is 1. The molecule has 0 fully saturated rings. The molecule has 2 aromatic carbocycles. The normalized spacial score (nSPS) is 11.2. The van der Waals surface area contributed by atoms with Crippen LogP contribution < -0.4 is 9.62 Å². The first kappa shape index (κ1) is 19.8. The van der Waals surface area contributed by atoms with E-state index < -0.39 is 33.4 Å². The van der Waals surface area contributed by atoms with Gasteiger partial charge in [0.2, 0.25) is 15.9 Å². The maximum Gasteiger partial charge on any atom is 0.232 e. The molecule has 0 aliphatic carbocycles. The fraction of sp³-hybridized carbons (Fsp3) is 0.235. The van der Waals surface area contributed by atoms with Crippen molar-refractivity contribution in [2.24, 2.45) is 0 Å². The molecule has 0 heterocycles. The number of benzene rings is 2. The Morgan fingerprint density at radius 2 is 1.65 bits per heavy atom. The van der Waals surface area contributed by atoms with E-state index in [-0.39, 0.29) is 30.8 Å². The SMILES string of the molecule is CS(=O)(=O)N(CCCC(=O)Nc1ccc(F)cc1F)c1ccc(F)cc1. The minimum atomic E-state index is -3.62. The maximum absolute atomic E-state index is 13.5. The highest BCUT2D eigenvalue weighted by molar-refractivity contribution is 7.92. The number of anilines is 2. The molecule has 0 atom stereocenters. The van der Waals surface area contributed by atoms with Gasteiger partial charge < -0.3 is 5.32 Å². The van der Waals surface area contributed by atoms with Crippen LogP contribution in [-0.4, -0.2) is 27.1 Å². The van der Waals surface area contributed by atoms with Crippen molar-refractivity contribution in [3.8, 4) is 0 Å². The van der Waals surface area contributed by atoms with Crippen molar-refractivity contribution in [1.29, 1.82) is 0 Å². The smallest absolute Gasteiger partial charge is 0.232 e. The number of amides is 1. The quantitative estimate of drug-likeness (QED) is 0.794. The summed E-state index contributed by atoms with van der Waals surface area (Å²) in [5.41, 5.74) is 0.119. The van der Waals surface area contributed by atoms with Crippen LogP contribution in [0, 0.1) is 17.5 Å². The summed E-state index contributed by atoms with van der Waals surface area (Å²) in [6.07, 6.45) is 1.08. The van der Waals surface area contributed by atoms with Crippen LogP contribution in [0.4, 0.5) is 24.5 Å². The predicted octanol–water partition coefficient (Wildman–Crippen LogP) is 3.29. The second-order valence-electron chi connectivity index (χ2n) is 5.59. The lowest BCUT2D eigenvalue weighted by atomic mass is 10.2. The van der Waals surface area contributed by atoms with Crippen LogP contribution in [0.5, 0.6) is 0 Å². The standard InChI is InChI=1S/C17H17F3N2O3S/c1-26(24,25)22(14-7-4-12(18)5-8-14)10-2-3-17(23)21-16-9-6-13(19)11-15(16)20/h4-9,11H,2-3,10H2,1H3,(H,21,23). The third-order valence-electron chi connectivity index (χ3n) is 3.49. The molecule has 2 rings (SSSR count). The Balaban J connectivity index is 1.96. The molecule has 9 heteroatoms. The van der Waals surface area contributed by atoms with Crippen LogP contribution in [0.1, 0.15) is 12.8 Å². The zero-order valence-electron chi connectivity index (χ0n) is 13.9. The van der Waals surface area contributed by atoms with E-state index in [4.69, 9.17) is 0 Å². The van der Waals surface area contributed by atoms with E-state index in [1.807, 2.05) is 0 Å². The van der Waals surface area contributed by atoms with Gasteiger partial charge in [0.05, 0.1) is 17.6 Å². The Kier molecular flexibility index (Phi) is 6.25. The van der Waals surface area contributed by atoms with Gasteiger partial charge >= 0.3 is 0 Å². The van der Waals surface area contributed by atoms with Crippen molar-refractivity contribution < 1.29 is 26.4 Å². The van der Waals surface area contributed by atoms with Gasteiger partial charge in [0.1, 0.15) is 17.5 Å². The topological polar surface area (TPSA) is 66.5 Å². The maximum atomic E-state index is 13.5. The number of hydrogen-bond donors (Lipinski definition) is 1. The third-order valence-corrected chi connectivity index (χ3v) is 4.68. The van der Waals surface area contributed by atoms with Gasteiger partial charge in [-0.1, -0.05) is 0 Å². The number of halogens is 3. The van der Waals surface area contributed by atoms with Crippen molar-refractivity contribution in [3.63, 3.8) is 0 Å². The summed E-state index contributed by atoms with van der Waals surface area (Å²) in [7, 11) is -3.62. The van der Waals surface area contributed by atoms with Gasteiger partial charge in [-0.2, -0.15) is 0 Å². The highest BCUT2D eigenvalue weighted by Gasteiger charge is 2.18. The van der Waals surface area contributed by atoms with Crippen LogP contribution in [0.2, 0.25) is 0 Å². The Morgan fingerprint density at radius 3 is 2.23 bits per heavy atom. The molecule has 0 aliphatic heterocycles. The number of nitrogens with one attached hydrogen (secondary N) is 1. The van der Waals surface area contributed by atoms with Gasteiger partial charge in [-0.05, 0) is 42.8 Å². The third kappa shape index (κ3) is 5.48. The molecule has 0 aromatic heterocycles. The summed E-state index contributed by atoms with van der Waals surface area (Å²) in [5.74, 6) is -2.70. The van der Waals surface area contributed by atoms with Gasteiger partial charge in [-0.15, -0.1) is 0 Å². The second-order valence-corrected chi connectivity index (χ2v) is 7.49. The first-order valence-corrected chi connectivity index (χ1v) is 9.50. The molecule has 1 N–H and O–H groups in total. The zero-order valence-corrected chi connectivity index (χ0v) is 14.7. The van der Waals surface area contributed by atoms with E-state index in [9.17, 15) is 26.4 Å². The minimum Gasteiger partial charge on any atom is -0.324 e. The predicted molar refractivity (Wildman–Crippen MR) is 92.8 cm³/mol. The van der Waals surface area contributed by atoms with Crippen LogP contribution in [0.3, 0.4) is 0 Å². The number of carbonyl (C=O) groups excluding carboxylic acids is 1. The molecule has 0 saturated carbocycles. The van der Waals surface area contributed by atoms with Crippen molar-refractivity contribution in [2.45, 2.75) is 12.8 Å². The number of carbonyl (C=O) groups is 1. The summed E-state index contributed by atoms with van der Waals surface area (Å²) < 4.78 is 64.2. The highest BCUT2D eigenvalue weighted by atomic mass is 32.2. The van der Waals surface area contributed by atoms with E-state index >= 15 is 0 Å². The van der Waals surface area contributed by atoms with Crippen molar-refractivity contribution in [3.05, 3.63) is 59.9 Å². The van der Waals surface area contributed by atoms with Gasteiger partial charge in [-0.3, -0.25) is 9.10 Å². The molecule has 0 spiro atoms. The van der Waals surface area contributed by atoms with E-state index in [0.717, 1.165) is 34.8 Å². The van der Waals surface area contributed by atoms with E-state index in [0.29, 0.717) is 6.07 Å². The molecule has 0 unspecified atom stereocenters. The molecule has 0 bridgehead atoms. The van der Waals surface area contributed by atoms with Crippen LogP contribution in [0.15, 0.2) is 42.5 Å². The van der Waals surface area contributed by atoms with Crippen molar-refractivity contribution >= 4 is 27.3 Å². The molecule has 2 aromatic rings. The fourth-order valence-electron chi connectivity index (χ4n) is 2.28. The average molecular weight is 386 g/mol. The van der Waals surface area contributed by atoms with E-state index in [2.05, 4.69) is 5.32 Å². The van der Waals surface area contributed by atoms with Crippen LogP contribution in [0.25, 0.3) is 0 Å². The molecule has 26 heavy (non-hydrogen) atoms. The monoisotopic (exact) mass is 386 g/mol. The van der Waals surface area contributed by atoms with Gasteiger partial charge in [0.25, 0.3) is 0 Å². The summed E-state index contributed by atoms with van der Waals surface area (Å²) >= 11 is 0. The second kappa shape index (κ2) is 8.22. The van der Waals surface area contributed by atoms with Crippen LogP contribution >= 0.6 is 0 Å². The molecule has 0 radical (unpaired) electrons. The van der Waals surface area contributed by atoms with E-state index in [1.165, 1.54) is 12.1 Å². The summed E-state index contributed by atoms with van der Waals surface area (Å²) in [6, 6.07) is 7.68. The minimum absolute atomic E-state index is 0.0101. The molecule has 140 valence electrons. The molecular weight excluding hydrogens is 369 g/mol. The Labute approximate surface area is 149 Å². The van der Waals surface area contributed by atoms with Crippen molar-refractivity contribution in [2.75, 3.05) is 22.4 Å². The number of sulfonamides is 1. The first-order chi connectivity index (χ1) is 12.2. The zero-order chi connectivity index (χ0) is 19.3. The summed E-state index contributed by atoms with van der Waals surface area (Å²) in [4.78, 5) is 11.9. The van der Waals surface area contributed by atoms with Gasteiger partial charge in [0, 0.05) is 19.0 Å². The Morgan fingerprint density at radius 1 is 1.04 bits per heavy atom. The molecule has 1 amide bonds. The first-order valence-electron chi connectivity index (χ1n) is 7.65. The summed E-state index contributed by atoms with van der Waals surface area (Å²) in [6.45, 7) is -0.0101. The Hall–Kier alpha value is -2.55. The molecule has 0 saturated heterocycles. The lowest BCUT2D eigenvalue weighted by Gasteiger charge is -2.22. The lowest BCUT2D eigenvalue weighted by molar-refractivity contribution is -0.116.